The van der Waals surface area contributed by atoms with E-state index < -0.39 is 0 Å². The molecule has 0 fully saturated rings. The third kappa shape index (κ3) is 4.73. The molecule has 0 aliphatic heterocycles. The average Bonchev–Trinajstić information content (AvgIpc) is 2.80. The molecule has 4 nitrogen and oxygen atoms in total. The third-order valence-corrected chi connectivity index (χ3v) is 4.96. The number of carbonyl (C=O) groups excluding carboxylic acids is 2. The minimum absolute atomic E-state index is 0.0187. The molecule has 0 aliphatic carbocycles. The largest absolute Gasteiger partial charge is 0.396 e. The molecule has 0 radical (unpaired) electrons. The van der Waals surface area contributed by atoms with Gasteiger partial charge in [-0.3, -0.25) is 0 Å². The number of carbonyl (C=O) groups is 2. The van der Waals surface area contributed by atoms with Crippen LogP contribution in [-0.2, 0) is 12.8 Å². The zero-order valence-electron chi connectivity index (χ0n) is 16.5. The van der Waals surface area contributed by atoms with Crippen LogP contribution in [-0.4, -0.2) is 11.8 Å². The van der Waals surface area contributed by atoms with Crippen molar-refractivity contribution in [1.82, 2.24) is 0 Å². The van der Waals surface area contributed by atoms with Gasteiger partial charge < -0.3 is 0 Å². The molecule has 4 rings (SSSR count). The van der Waals surface area contributed by atoms with Crippen LogP contribution in [0.3, 0.4) is 0 Å². The van der Waals surface area contributed by atoms with Gasteiger partial charge in [-0.25, -0.2) is 9.59 Å². The van der Waals surface area contributed by atoms with Crippen LogP contribution in [0.5, 0.6) is 0 Å². The maximum Gasteiger partial charge on any atom is 0.396 e. The quantitative estimate of drug-likeness (QED) is 0.485. The van der Waals surface area contributed by atoms with Gasteiger partial charge in [-0.05, 0) is 22.3 Å². The van der Waals surface area contributed by atoms with Gasteiger partial charge >= 0.3 is 11.8 Å². The van der Waals surface area contributed by atoms with E-state index in [4.69, 9.17) is 0 Å². The van der Waals surface area contributed by atoms with Crippen molar-refractivity contribution in [3.8, 4) is 11.1 Å². The van der Waals surface area contributed by atoms with Crippen LogP contribution in [0.1, 0.15) is 20.7 Å². The summed E-state index contributed by atoms with van der Waals surface area (Å²) in [6, 6.07) is 27.1. The van der Waals surface area contributed by atoms with Crippen LogP contribution in [0.25, 0.3) is 11.1 Å². The zero-order chi connectivity index (χ0) is 20.8. The molecule has 30 heavy (non-hydrogen) atoms. The number of hydrogen-bond donors (Lipinski definition) is 0. The van der Waals surface area contributed by atoms with Crippen LogP contribution in [0.4, 0.5) is 0 Å². The number of nitrogens with zero attached hydrogens (tertiary/aromatic N) is 2. The highest BCUT2D eigenvalue weighted by Crippen LogP contribution is 2.15. The monoisotopic (exact) mass is 394 g/mol. The Hall–Kier alpha value is -3.92. The van der Waals surface area contributed by atoms with Gasteiger partial charge in [0.2, 0.25) is 0 Å². The van der Waals surface area contributed by atoms with E-state index in [2.05, 4.69) is 0 Å². The summed E-state index contributed by atoms with van der Waals surface area (Å²) in [5, 5.41) is 0. The van der Waals surface area contributed by atoms with Gasteiger partial charge in [-0.2, -0.15) is 0 Å². The third-order valence-electron chi connectivity index (χ3n) is 4.96. The highest BCUT2D eigenvalue weighted by molar-refractivity contribution is 5.71. The molecule has 0 bridgehead atoms. The smallest absolute Gasteiger partial charge is 0.219 e. The van der Waals surface area contributed by atoms with E-state index in [1.54, 1.807) is 33.9 Å². The lowest BCUT2D eigenvalue weighted by atomic mass is 10.1. The fourth-order valence-electron chi connectivity index (χ4n) is 3.29. The summed E-state index contributed by atoms with van der Waals surface area (Å²) in [5.74, 6) is 0.0373. The molecule has 4 heteroatoms. The molecule has 0 amide bonds. The fraction of sp³-hybridized carbons (Fsp3) is 0.0769. The van der Waals surface area contributed by atoms with E-state index >= 15 is 0 Å². The van der Waals surface area contributed by atoms with Crippen molar-refractivity contribution in [2.75, 3.05) is 0 Å². The molecule has 0 N–H and O–H groups in total. The molecule has 2 aromatic heterocycles. The molecule has 0 aliphatic rings. The van der Waals surface area contributed by atoms with Gasteiger partial charge in [0.25, 0.3) is 0 Å². The second kappa shape index (κ2) is 9.05. The van der Waals surface area contributed by atoms with E-state index in [1.807, 2.05) is 84.9 Å². The Morgan fingerprint density at radius 2 is 0.833 bits per heavy atom. The van der Waals surface area contributed by atoms with Crippen molar-refractivity contribution in [1.29, 1.82) is 0 Å². The topological polar surface area (TPSA) is 41.9 Å². The normalized spacial score (nSPS) is 10.5. The van der Waals surface area contributed by atoms with Crippen molar-refractivity contribution in [3.05, 3.63) is 121 Å². The van der Waals surface area contributed by atoms with Gasteiger partial charge in [0.15, 0.2) is 24.8 Å². The van der Waals surface area contributed by atoms with E-state index in [0.29, 0.717) is 12.8 Å². The molecule has 0 atom stereocenters. The maximum absolute atomic E-state index is 12.5. The van der Waals surface area contributed by atoms with Crippen molar-refractivity contribution in [3.63, 3.8) is 0 Å². The lowest BCUT2D eigenvalue weighted by Gasteiger charge is -2.01. The van der Waals surface area contributed by atoms with Gasteiger partial charge in [0.1, 0.15) is 0 Å². The Labute approximate surface area is 175 Å². The van der Waals surface area contributed by atoms with Crippen molar-refractivity contribution in [2.45, 2.75) is 12.8 Å². The lowest BCUT2D eigenvalue weighted by molar-refractivity contribution is -0.574. The van der Waals surface area contributed by atoms with Crippen LogP contribution < -0.4 is 9.13 Å². The first-order valence-electron chi connectivity index (χ1n) is 9.86. The van der Waals surface area contributed by atoms with Crippen LogP contribution in [0, 0.1) is 0 Å². The molecule has 0 saturated carbocycles. The average molecular weight is 394 g/mol. The Kier molecular flexibility index (Phi) is 5.85. The molecule has 0 spiro atoms. The first-order valence-corrected chi connectivity index (χ1v) is 9.86. The highest BCUT2D eigenvalue weighted by Gasteiger charge is 2.17. The van der Waals surface area contributed by atoms with Gasteiger partial charge in [-0.15, -0.1) is 9.13 Å². The van der Waals surface area contributed by atoms with Gasteiger partial charge in [-0.1, -0.05) is 60.7 Å². The standard InChI is InChI=1S/C26H22N2O2/c29-25(19-21-7-3-1-4-8-21)27-15-11-23(12-16-27)24-13-17-28(18-14-24)26(30)20-22-9-5-2-6-10-22/h1-18H,19-20H2/q+2. The van der Waals surface area contributed by atoms with E-state index in [9.17, 15) is 9.59 Å². The van der Waals surface area contributed by atoms with E-state index in [-0.39, 0.29) is 11.8 Å². The molecule has 0 saturated heterocycles. The van der Waals surface area contributed by atoms with Gasteiger partial charge in [0, 0.05) is 24.3 Å². The Bertz CT molecular complexity index is 1040. The van der Waals surface area contributed by atoms with E-state index in [0.717, 1.165) is 22.3 Å². The Morgan fingerprint density at radius 1 is 0.500 bits per heavy atom. The van der Waals surface area contributed by atoms with E-state index in [1.165, 1.54) is 0 Å². The molecular weight excluding hydrogens is 372 g/mol. The minimum Gasteiger partial charge on any atom is -0.219 e. The Balaban J connectivity index is 1.43. The van der Waals surface area contributed by atoms with Crippen molar-refractivity contribution in [2.24, 2.45) is 0 Å². The number of rotatable bonds is 5. The number of pyridine rings is 2. The number of benzene rings is 2. The molecular formula is C26H22N2O2+2. The SMILES string of the molecule is O=C(Cc1ccccc1)[n+]1ccc(-c2cc[n+](C(=O)Cc3ccccc3)cc2)cc1. The maximum atomic E-state index is 12.5. The molecule has 4 aromatic rings. The predicted molar refractivity (Wildman–Crippen MR) is 114 cm³/mol. The van der Waals surface area contributed by atoms with Crippen LogP contribution in [0.2, 0.25) is 0 Å². The summed E-state index contributed by atoms with van der Waals surface area (Å²) < 4.78 is 3.20. The van der Waals surface area contributed by atoms with Crippen molar-refractivity contribution >= 4 is 11.8 Å². The summed E-state index contributed by atoms with van der Waals surface area (Å²) in [5.41, 5.74) is 3.96. The first kappa shape index (κ1) is 19.4. The summed E-state index contributed by atoms with van der Waals surface area (Å²) >= 11 is 0. The minimum atomic E-state index is 0.0187. The summed E-state index contributed by atoms with van der Waals surface area (Å²) in [7, 11) is 0. The summed E-state index contributed by atoms with van der Waals surface area (Å²) in [6.07, 6.45) is 7.84. The lowest BCUT2D eigenvalue weighted by Crippen LogP contribution is -2.43. The van der Waals surface area contributed by atoms with Crippen LogP contribution in [0.15, 0.2) is 110 Å². The van der Waals surface area contributed by atoms with Gasteiger partial charge in [0.05, 0.1) is 12.8 Å². The highest BCUT2D eigenvalue weighted by atomic mass is 16.2. The molecule has 0 unspecified atom stereocenters. The van der Waals surface area contributed by atoms with Crippen molar-refractivity contribution < 1.29 is 18.7 Å². The summed E-state index contributed by atoms with van der Waals surface area (Å²) in [4.78, 5) is 24.9. The summed E-state index contributed by atoms with van der Waals surface area (Å²) in [6.45, 7) is 0. The molecule has 2 aromatic carbocycles. The fourth-order valence-corrected chi connectivity index (χ4v) is 3.29. The van der Waals surface area contributed by atoms with Crippen LogP contribution >= 0.6 is 0 Å². The first-order chi connectivity index (χ1) is 14.7. The second-order valence-corrected chi connectivity index (χ2v) is 7.10. The number of hydrogen-bond acceptors (Lipinski definition) is 2. The number of aromatic nitrogens is 2. The molecule has 2 heterocycles. The predicted octanol–water partition coefficient (Wildman–Crippen LogP) is 3.69. The molecule has 146 valence electrons. The Morgan fingerprint density at radius 3 is 1.17 bits per heavy atom. The second-order valence-electron chi connectivity index (χ2n) is 7.10. The zero-order valence-corrected chi connectivity index (χ0v) is 16.5.